The van der Waals surface area contributed by atoms with Gasteiger partial charge in [-0.15, -0.1) is 0 Å². The Morgan fingerprint density at radius 1 is 1.27 bits per heavy atom. The third-order valence-corrected chi connectivity index (χ3v) is 3.78. The fraction of sp³-hybridized carbons (Fsp3) is 0.200. The number of hydrogen-bond donors (Lipinski definition) is 0. The second-order valence-electron chi connectivity index (χ2n) is 3.35. The van der Waals surface area contributed by atoms with Gasteiger partial charge in [-0.25, -0.2) is 8.42 Å². The van der Waals surface area contributed by atoms with Gasteiger partial charge in [0.15, 0.2) is 0 Å². The zero-order chi connectivity index (χ0) is 11.2. The summed E-state index contributed by atoms with van der Waals surface area (Å²) in [6.45, 7) is 3.60. The smallest absolute Gasteiger partial charge is 0.262 e. The minimum absolute atomic E-state index is 0.107. The molecule has 2 rings (SSSR count). The number of furan rings is 1. The molecule has 0 radical (unpaired) electrons. The van der Waals surface area contributed by atoms with Crippen molar-refractivity contribution in [1.82, 2.24) is 0 Å². The highest BCUT2D eigenvalue weighted by molar-refractivity contribution is 8.14. The molecular weight excluding hydrogens is 236 g/mol. The largest absolute Gasteiger partial charge is 0.461 e. The Hall–Kier alpha value is -1.00. The van der Waals surface area contributed by atoms with Gasteiger partial charge < -0.3 is 4.42 Å². The SMILES string of the molecule is Cc1oc2cccc(S(=O)(=O)Cl)c2c1C. The first-order valence-corrected chi connectivity index (χ1v) is 6.65. The molecule has 0 amide bonds. The summed E-state index contributed by atoms with van der Waals surface area (Å²) < 4.78 is 28.1. The molecule has 0 saturated heterocycles. The van der Waals surface area contributed by atoms with Gasteiger partial charge in [-0.05, 0) is 31.5 Å². The summed E-state index contributed by atoms with van der Waals surface area (Å²) in [4.78, 5) is 0.107. The summed E-state index contributed by atoms with van der Waals surface area (Å²) in [5.41, 5.74) is 1.36. The molecule has 0 bridgehead atoms. The van der Waals surface area contributed by atoms with Crippen LogP contribution in [0.2, 0.25) is 0 Å². The molecule has 5 heteroatoms. The van der Waals surface area contributed by atoms with E-state index >= 15 is 0 Å². The molecule has 0 spiro atoms. The maximum Gasteiger partial charge on any atom is 0.262 e. The Morgan fingerprint density at radius 2 is 1.93 bits per heavy atom. The van der Waals surface area contributed by atoms with E-state index in [-0.39, 0.29) is 4.90 Å². The monoisotopic (exact) mass is 244 g/mol. The first-order valence-electron chi connectivity index (χ1n) is 4.34. The van der Waals surface area contributed by atoms with E-state index in [1.54, 1.807) is 19.1 Å². The summed E-state index contributed by atoms with van der Waals surface area (Å²) >= 11 is 0. The molecular formula is C10H9ClO3S. The molecule has 0 aliphatic carbocycles. The highest BCUT2D eigenvalue weighted by Gasteiger charge is 2.18. The number of benzene rings is 1. The molecule has 2 aromatic rings. The van der Waals surface area contributed by atoms with E-state index in [1.807, 2.05) is 6.92 Å². The van der Waals surface area contributed by atoms with Crippen molar-refractivity contribution in [3.05, 3.63) is 29.5 Å². The van der Waals surface area contributed by atoms with Crippen LogP contribution in [-0.2, 0) is 9.05 Å². The van der Waals surface area contributed by atoms with Crippen LogP contribution >= 0.6 is 10.7 Å². The average Bonchev–Trinajstić information content (AvgIpc) is 2.41. The van der Waals surface area contributed by atoms with Crippen molar-refractivity contribution in [2.75, 3.05) is 0 Å². The summed E-state index contributed by atoms with van der Waals surface area (Å²) in [7, 11) is 1.62. The van der Waals surface area contributed by atoms with E-state index in [0.717, 1.165) is 5.56 Å². The van der Waals surface area contributed by atoms with E-state index in [2.05, 4.69) is 0 Å². The normalized spacial score (nSPS) is 12.2. The molecule has 0 saturated carbocycles. The molecule has 0 unspecified atom stereocenters. The predicted octanol–water partition coefficient (Wildman–Crippen LogP) is 2.98. The van der Waals surface area contributed by atoms with Crippen molar-refractivity contribution < 1.29 is 12.8 Å². The molecule has 80 valence electrons. The summed E-state index contributed by atoms with van der Waals surface area (Å²) in [6, 6.07) is 4.81. The third kappa shape index (κ3) is 1.64. The molecule has 0 aliphatic heterocycles. The Morgan fingerprint density at radius 3 is 2.53 bits per heavy atom. The van der Waals surface area contributed by atoms with Crippen molar-refractivity contribution >= 4 is 30.7 Å². The topological polar surface area (TPSA) is 47.3 Å². The fourth-order valence-electron chi connectivity index (χ4n) is 1.59. The van der Waals surface area contributed by atoms with E-state index < -0.39 is 9.05 Å². The molecule has 3 nitrogen and oxygen atoms in total. The average molecular weight is 245 g/mol. The lowest BCUT2D eigenvalue weighted by Gasteiger charge is -1.98. The fourth-order valence-corrected chi connectivity index (χ4v) is 2.71. The lowest BCUT2D eigenvalue weighted by Crippen LogP contribution is -1.91. The Labute approximate surface area is 92.1 Å². The Bertz CT molecular complexity index is 625. The number of hydrogen-bond acceptors (Lipinski definition) is 3. The molecule has 0 N–H and O–H groups in total. The summed E-state index contributed by atoms with van der Waals surface area (Å²) in [5, 5.41) is 0.574. The number of rotatable bonds is 1. The highest BCUT2D eigenvalue weighted by Crippen LogP contribution is 2.31. The van der Waals surface area contributed by atoms with Gasteiger partial charge in [0.05, 0.1) is 4.90 Å². The van der Waals surface area contributed by atoms with Crippen LogP contribution in [0.25, 0.3) is 11.0 Å². The Kier molecular flexibility index (Phi) is 2.28. The number of aryl methyl sites for hydroxylation is 2. The van der Waals surface area contributed by atoms with Crippen LogP contribution in [0.1, 0.15) is 11.3 Å². The molecule has 1 aromatic carbocycles. The van der Waals surface area contributed by atoms with E-state index in [1.165, 1.54) is 6.07 Å². The van der Waals surface area contributed by atoms with Crippen molar-refractivity contribution in [3.8, 4) is 0 Å². The van der Waals surface area contributed by atoms with E-state index in [0.29, 0.717) is 16.7 Å². The van der Waals surface area contributed by atoms with E-state index in [4.69, 9.17) is 15.1 Å². The second kappa shape index (κ2) is 3.25. The van der Waals surface area contributed by atoms with Gasteiger partial charge in [0.2, 0.25) is 0 Å². The maximum atomic E-state index is 11.3. The zero-order valence-electron chi connectivity index (χ0n) is 8.24. The Balaban J connectivity index is 2.99. The molecule has 0 aliphatic rings. The van der Waals surface area contributed by atoms with Crippen LogP contribution in [-0.4, -0.2) is 8.42 Å². The van der Waals surface area contributed by atoms with Crippen molar-refractivity contribution in [2.45, 2.75) is 18.7 Å². The molecule has 15 heavy (non-hydrogen) atoms. The van der Waals surface area contributed by atoms with Crippen LogP contribution in [0.4, 0.5) is 0 Å². The van der Waals surface area contributed by atoms with Gasteiger partial charge in [-0.2, -0.15) is 0 Å². The van der Waals surface area contributed by atoms with Crippen LogP contribution in [0.3, 0.4) is 0 Å². The highest BCUT2D eigenvalue weighted by atomic mass is 35.7. The number of halogens is 1. The molecule has 0 fully saturated rings. The van der Waals surface area contributed by atoms with Gasteiger partial charge in [-0.1, -0.05) is 6.07 Å². The van der Waals surface area contributed by atoms with Gasteiger partial charge in [-0.3, -0.25) is 0 Å². The van der Waals surface area contributed by atoms with Gasteiger partial charge in [0.1, 0.15) is 11.3 Å². The second-order valence-corrected chi connectivity index (χ2v) is 5.88. The standard InChI is InChI=1S/C10H9ClO3S/c1-6-7(2)14-8-4-3-5-9(10(6)8)15(11,12)13/h3-5H,1-2H3. The lowest BCUT2D eigenvalue weighted by atomic mass is 10.1. The molecule has 1 aromatic heterocycles. The lowest BCUT2D eigenvalue weighted by molar-refractivity contribution is 0.574. The van der Waals surface area contributed by atoms with Crippen molar-refractivity contribution in [1.29, 1.82) is 0 Å². The van der Waals surface area contributed by atoms with Gasteiger partial charge in [0, 0.05) is 16.1 Å². The zero-order valence-corrected chi connectivity index (χ0v) is 9.82. The maximum absolute atomic E-state index is 11.3. The van der Waals surface area contributed by atoms with E-state index in [9.17, 15) is 8.42 Å². The molecule has 1 heterocycles. The minimum atomic E-state index is -3.73. The predicted molar refractivity (Wildman–Crippen MR) is 58.7 cm³/mol. The number of fused-ring (bicyclic) bond motifs is 1. The summed E-state index contributed by atoms with van der Waals surface area (Å²) in [5.74, 6) is 0.706. The van der Waals surface area contributed by atoms with Gasteiger partial charge >= 0.3 is 0 Å². The van der Waals surface area contributed by atoms with Crippen molar-refractivity contribution in [3.63, 3.8) is 0 Å². The van der Waals surface area contributed by atoms with Crippen LogP contribution in [0.5, 0.6) is 0 Å². The van der Waals surface area contributed by atoms with Crippen LogP contribution < -0.4 is 0 Å². The van der Waals surface area contributed by atoms with Gasteiger partial charge in [0.25, 0.3) is 9.05 Å². The molecule has 0 atom stereocenters. The summed E-state index contributed by atoms with van der Waals surface area (Å²) in [6.07, 6.45) is 0. The third-order valence-electron chi connectivity index (χ3n) is 2.42. The van der Waals surface area contributed by atoms with Crippen molar-refractivity contribution in [2.24, 2.45) is 0 Å². The first kappa shape index (κ1) is 10.5. The first-order chi connectivity index (χ1) is 6.91. The minimum Gasteiger partial charge on any atom is -0.461 e. The van der Waals surface area contributed by atoms with Crippen LogP contribution in [0, 0.1) is 13.8 Å². The van der Waals surface area contributed by atoms with Crippen LogP contribution in [0.15, 0.2) is 27.5 Å². The quantitative estimate of drug-likeness (QED) is 0.725.